The number of anilines is 1. The van der Waals surface area contributed by atoms with Gasteiger partial charge in [-0.15, -0.1) is 0 Å². The Labute approximate surface area is 113 Å². The first-order chi connectivity index (χ1) is 9.29. The summed E-state index contributed by atoms with van der Waals surface area (Å²) in [6.45, 7) is 3.01. The zero-order valence-corrected chi connectivity index (χ0v) is 10.9. The lowest BCUT2D eigenvalue weighted by Gasteiger charge is -2.10. The van der Waals surface area contributed by atoms with Crippen molar-refractivity contribution in [2.75, 3.05) is 18.6 Å². The molecule has 0 atom stereocenters. The molecule has 2 rings (SSSR count). The van der Waals surface area contributed by atoms with E-state index in [0.717, 1.165) is 22.7 Å². The minimum absolute atomic E-state index is 0.488. The largest absolute Gasteiger partial charge is 0.490 e. The molecule has 100 valence electrons. The van der Waals surface area contributed by atoms with Gasteiger partial charge in [0.05, 0.1) is 5.69 Å². The molecule has 0 amide bonds. The van der Waals surface area contributed by atoms with Crippen molar-refractivity contribution in [3.05, 3.63) is 54.1 Å². The predicted octanol–water partition coefficient (Wildman–Crippen LogP) is 2.74. The molecule has 0 bridgehead atoms. The van der Waals surface area contributed by atoms with Gasteiger partial charge in [-0.05, 0) is 30.7 Å². The lowest BCUT2D eigenvalue weighted by molar-refractivity contribution is 0.216. The van der Waals surface area contributed by atoms with Crippen LogP contribution in [0, 0.1) is 6.92 Å². The summed E-state index contributed by atoms with van der Waals surface area (Å²) in [6, 6.07) is 15.4. The highest BCUT2D eigenvalue weighted by atomic mass is 16.5. The zero-order valence-electron chi connectivity index (χ0n) is 10.9. The molecule has 0 heterocycles. The van der Waals surface area contributed by atoms with E-state index in [1.165, 1.54) is 0 Å². The summed E-state index contributed by atoms with van der Waals surface area (Å²) in [5, 5.41) is 0. The average molecular weight is 258 g/mol. The lowest BCUT2D eigenvalue weighted by Crippen LogP contribution is -2.10. The number of rotatable bonds is 6. The van der Waals surface area contributed by atoms with Crippen LogP contribution in [0.2, 0.25) is 0 Å². The van der Waals surface area contributed by atoms with Crippen molar-refractivity contribution in [3.63, 3.8) is 0 Å². The third kappa shape index (κ3) is 3.89. The van der Waals surface area contributed by atoms with Gasteiger partial charge in [0, 0.05) is 6.07 Å². The summed E-state index contributed by atoms with van der Waals surface area (Å²) in [5.74, 6) is 7.00. The first kappa shape index (κ1) is 13.2. The standard InChI is InChI=1S/C15H18N2O2/c1-12-5-2-3-8-15(12)19-10-9-18-14-7-4-6-13(11-14)17-16/h2-8,11,17H,9-10,16H2,1H3. The van der Waals surface area contributed by atoms with Crippen molar-refractivity contribution in [2.45, 2.75) is 6.92 Å². The van der Waals surface area contributed by atoms with E-state index in [1.54, 1.807) is 0 Å². The minimum atomic E-state index is 0.488. The van der Waals surface area contributed by atoms with E-state index in [1.807, 2.05) is 55.5 Å². The van der Waals surface area contributed by atoms with Gasteiger partial charge >= 0.3 is 0 Å². The molecule has 0 aliphatic carbocycles. The van der Waals surface area contributed by atoms with Crippen LogP contribution in [0.4, 0.5) is 5.69 Å². The third-order valence-electron chi connectivity index (χ3n) is 2.70. The molecule has 4 nitrogen and oxygen atoms in total. The van der Waals surface area contributed by atoms with E-state index in [4.69, 9.17) is 15.3 Å². The number of nitrogens with one attached hydrogen (secondary N) is 1. The van der Waals surface area contributed by atoms with Gasteiger partial charge in [0.2, 0.25) is 0 Å². The van der Waals surface area contributed by atoms with Gasteiger partial charge in [0.15, 0.2) is 0 Å². The average Bonchev–Trinajstić information content (AvgIpc) is 2.45. The Kier molecular flexibility index (Phi) is 4.64. The first-order valence-corrected chi connectivity index (χ1v) is 6.17. The van der Waals surface area contributed by atoms with Crippen LogP contribution in [0.5, 0.6) is 11.5 Å². The fraction of sp³-hybridized carbons (Fsp3) is 0.200. The highest BCUT2D eigenvalue weighted by Crippen LogP contribution is 2.17. The number of ether oxygens (including phenoxy) is 2. The van der Waals surface area contributed by atoms with Gasteiger partial charge in [-0.2, -0.15) is 0 Å². The van der Waals surface area contributed by atoms with E-state index in [0.29, 0.717) is 13.2 Å². The van der Waals surface area contributed by atoms with E-state index in [-0.39, 0.29) is 0 Å². The Morgan fingerprint density at radius 3 is 2.58 bits per heavy atom. The SMILES string of the molecule is Cc1ccccc1OCCOc1cccc(NN)c1. The van der Waals surface area contributed by atoms with Gasteiger partial charge < -0.3 is 14.9 Å². The normalized spacial score (nSPS) is 10.0. The summed E-state index contributed by atoms with van der Waals surface area (Å²) in [7, 11) is 0. The molecule has 0 aromatic heterocycles. The van der Waals surface area contributed by atoms with Crippen LogP contribution in [0.1, 0.15) is 5.56 Å². The van der Waals surface area contributed by atoms with Gasteiger partial charge in [-0.25, -0.2) is 0 Å². The second kappa shape index (κ2) is 6.66. The quantitative estimate of drug-likeness (QED) is 0.475. The third-order valence-corrected chi connectivity index (χ3v) is 2.70. The van der Waals surface area contributed by atoms with Crippen molar-refractivity contribution >= 4 is 5.69 Å². The maximum atomic E-state index is 5.65. The number of para-hydroxylation sites is 1. The molecule has 0 spiro atoms. The van der Waals surface area contributed by atoms with Crippen LogP contribution in [0.15, 0.2) is 48.5 Å². The van der Waals surface area contributed by atoms with E-state index < -0.39 is 0 Å². The monoisotopic (exact) mass is 258 g/mol. The maximum Gasteiger partial charge on any atom is 0.122 e. The van der Waals surface area contributed by atoms with Crippen molar-refractivity contribution in [3.8, 4) is 11.5 Å². The molecule has 2 aromatic carbocycles. The second-order valence-electron chi connectivity index (χ2n) is 4.13. The Morgan fingerprint density at radius 1 is 1.00 bits per heavy atom. The Balaban J connectivity index is 1.79. The molecule has 0 saturated carbocycles. The number of aryl methyl sites for hydroxylation is 1. The topological polar surface area (TPSA) is 56.5 Å². The molecule has 19 heavy (non-hydrogen) atoms. The Hall–Kier alpha value is -2.20. The molecule has 4 heteroatoms. The van der Waals surface area contributed by atoms with Crippen LogP contribution in [0.25, 0.3) is 0 Å². The van der Waals surface area contributed by atoms with Gasteiger partial charge in [-0.3, -0.25) is 5.84 Å². The Morgan fingerprint density at radius 2 is 1.79 bits per heavy atom. The highest BCUT2D eigenvalue weighted by Gasteiger charge is 1.99. The lowest BCUT2D eigenvalue weighted by atomic mass is 10.2. The smallest absolute Gasteiger partial charge is 0.122 e. The van der Waals surface area contributed by atoms with Crippen molar-refractivity contribution in [1.82, 2.24) is 0 Å². The van der Waals surface area contributed by atoms with Crippen molar-refractivity contribution in [1.29, 1.82) is 0 Å². The van der Waals surface area contributed by atoms with Crippen molar-refractivity contribution in [2.24, 2.45) is 5.84 Å². The van der Waals surface area contributed by atoms with E-state index >= 15 is 0 Å². The predicted molar refractivity (Wildman–Crippen MR) is 76.4 cm³/mol. The molecule has 0 saturated heterocycles. The second-order valence-corrected chi connectivity index (χ2v) is 4.13. The first-order valence-electron chi connectivity index (χ1n) is 6.17. The number of nitrogens with two attached hydrogens (primary N) is 1. The van der Waals surface area contributed by atoms with Crippen LogP contribution in [0.3, 0.4) is 0 Å². The van der Waals surface area contributed by atoms with Crippen LogP contribution in [-0.4, -0.2) is 13.2 Å². The summed E-state index contributed by atoms with van der Waals surface area (Å²) in [5.41, 5.74) is 4.52. The molecule has 2 aromatic rings. The van der Waals surface area contributed by atoms with Gasteiger partial charge in [0.1, 0.15) is 24.7 Å². The van der Waals surface area contributed by atoms with Gasteiger partial charge in [0.25, 0.3) is 0 Å². The molecule has 0 fully saturated rings. The Bertz CT molecular complexity index is 529. The summed E-state index contributed by atoms with van der Waals surface area (Å²) in [6.07, 6.45) is 0. The number of benzene rings is 2. The van der Waals surface area contributed by atoms with E-state index in [9.17, 15) is 0 Å². The molecular formula is C15H18N2O2. The summed E-state index contributed by atoms with van der Waals surface area (Å²) >= 11 is 0. The van der Waals surface area contributed by atoms with E-state index in [2.05, 4.69) is 5.43 Å². The number of nitrogen functional groups attached to an aromatic ring is 1. The summed E-state index contributed by atoms with van der Waals surface area (Å²) in [4.78, 5) is 0. The molecule has 3 N–H and O–H groups in total. The fourth-order valence-corrected chi connectivity index (χ4v) is 1.71. The van der Waals surface area contributed by atoms with Crippen LogP contribution < -0.4 is 20.7 Å². The number of hydrazine groups is 1. The minimum Gasteiger partial charge on any atom is -0.490 e. The van der Waals surface area contributed by atoms with Gasteiger partial charge in [-0.1, -0.05) is 24.3 Å². The number of hydrogen-bond donors (Lipinski definition) is 2. The number of hydrogen-bond acceptors (Lipinski definition) is 4. The molecular weight excluding hydrogens is 240 g/mol. The zero-order chi connectivity index (χ0) is 13.5. The fourth-order valence-electron chi connectivity index (χ4n) is 1.71. The van der Waals surface area contributed by atoms with Crippen LogP contribution in [-0.2, 0) is 0 Å². The maximum absolute atomic E-state index is 5.65. The highest BCUT2D eigenvalue weighted by molar-refractivity contribution is 5.46. The molecule has 0 aliphatic rings. The van der Waals surface area contributed by atoms with Crippen LogP contribution >= 0.6 is 0 Å². The molecule has 0 aliphatic heterocycles. The molecule has 0 unspecified atom stereocenters. The summed E-state index contributed by atoms with van der Waals surface area (Å²) < 4.78 is 11.2. The van der Waals surface area contributed by atoms with Crippen molar-refractivity contribution < 1.29 is 9.47 Å². The molecule has 0 radical (unpaired) electrons.